The fourth-order valence-corrected chi connectivity index (χ4v) is 2.49. The summed E-state index contributed by atoms with van der Waals surface area (Å²) in [6.07, 6.45) is 0. The van der Waals surface area contributed by atoms with E-state index in [9.17, 15) is 4.79 Å². The van der Waals surface area contributed by atoms with Gasteiger partial charge in [-0.2, -0.15) is 0 Å². The summed E-state index contributed by atoms with van der Waals surface area (Å²) < 4.78 is 10.9. The highest BCUT2D eigenvalue weighted by Gasteiger charge is 2.44. The Labute approximate surface area is 102 Å². The maximum atomic E-state index is 12.1. The molecule has 98 valence electrons. The summed E-state index contributed by atoms with van der Waals surface area (Å²) in [5.74, 6) is 0.117. The molecule has 2 aliphatic heterocycles. The first-order valence-electron chi connectivity index (χ1n) is 6.18. The number of piperidine rings is 1. The third-order valence-electron chi connectivity index (χ3n) is 3.37. The molecule has 0 spiro atoms. The van der Waals surface area contributed by atoms with Crippen LogP contribution in [0.2, 0.25) is 0 Å². The standard InChI is InChI=1S/C12H22N2O3/c1-12(2,3)17-11(15)10-8-6-16-5-7(4-14-10)9(8)13/h7-10,14H,4-6,13H2,1-3H3. The first kappa shape index (κ1) is 12.8. The summed E-state index contributed by atoms with van der Waals surface area (Å²) in [5.41, 5.74) is 5.69. The summed E-state index contributed by atoms with van der Waals surface area (Å²) in [4.78, 5) is 12.1. The average molecular weight is 242 g/mol. The molecule has 17 heavy (non-hydrogen) atoms. The molecule has 2 saturated heterocycles. The van der Waals surface area contributed by atoms with Crippen molar-refractivity contribution in [2.24, 2.45) is 17.6 Å². The van der Waals surface area contributed by atoms with Gasteiger partial charge in [0, 0.05) is 24.4 Å². The van der Waals surface area contributed by atoms with Gasteiger partial charge in [-0.15, -0.1) is 0 Å². The van der Waals surface area contributed by atoms with Gasteiger partial charge < -0.3 is 20.5 Å². The van der Waals surface area contributed by atoms with Gasteiger partial charge in [-0.05, 0) is 20.8 Å². The van der Waals surface area contributed by atoms with E-state index in [1.54, 1.807) is 0 Å². The number of nitrogens with two attached hydrogens (primary N) is 1. The molecule has 2 heterocycles. The summed E-state index contributed by atoms with van der Waals surface area (Å²) >= 11 is 0. The second kappa shape index (κ2) is 4.55. The van der Waals surface area contributed by atoms with Crippen molar-refractivity contribution < 1.29 is 14.3 Å². The Bertz CT molecular complexity index is 301. The van der Waals surface area contributed by atoms with Gasteiger partial charge >= 0.3 is 5.97 Å². The fraction of sp³-hybridized carbons (Fsp3) is 0.917. The molecule has 3 N–H and O–H groups in total. The third kappa shape index (κ3) is 2.78. The van der Waals surface area contributed by atoms with E-state index in [0.29, 0.717) is 19.1 Å². The van der Waals surface area contributed by atoms with Crippen molar-refractivity contribution >= 4 is 5.97 Å². The van der Waals surface area contributed by atoms with Crippen LogP contribution < -0.4 is 11.1 Å². The Kier molecular flexibility index (Phi) is 3.43. The first-order valence-corrected chi connectivity index (χ1v) is 6.18. The molecule has 4 atom stereocenters. The van der Waals surface area contributed by atoms with Gasteiger partial charge in [0.15, 0.2) is 0 Å². The van der Waals surface area contributed by atoms with Crippen molar-refractivity contribution in [2.75, 3.05) is 19.8 Å². The van der Waals surface area contributed by atoms with Crippen molar-refractivity contribution in [1.82, 2.24) is 5.32 Å². The zero-order valence-electron chi connectivity index (χ0n) is 10.7. The van der Waals surface area contributed by atoms with Crippen LogP contribution in [0.15, 0.2) is 0 Å². The summed E-state index contributed by atoms with van der Waals surface area (Å²) in [6.45, 7) is 7.55. The minimum Gasteiger partial charge on any atom is -0.459 e. The molecular formula is C12H22N2O3. The predicted molar refractivity (Wildman–Crippen MR) is 63.4 cm³/mol. The van der Waals surface area contributed by atoms with Gasteiger partial charge in [0.1, 0.15) is 11.6 Å². The van der Waals surface area contributed by atoms with Crippen LogP contribution in [-0.4, -0.2) is 43.4 Å². The normalized spacial score (nSPS) is 37.6. The maximum absolute atomic E-state index is 12.1. The summed E-state index contributed by atoms with van der Waals surface area (Å²) in [7, 11) is 0. The summed E-state index contributed by atoms with van der Waals surface area (Å²) in [6, 6.07) is -0.303. The number of fused-ring (bicyclic) bond motifs is 2. The highest BCUT2D eigenvalue weighted by atomic mass is 16.6. The van der Waals surface area contributed by atoms with Gasteiger partial charge in [0.05, 0.1) is 13.2 Å². The molecule has 4 unspecified atom stereocenters. The molecule has 2 fully saturated rings. The smallest absolute Gasteiger partial charge is 0.324 e. The molecule has 2 rings (SSSR count). The molecule has 0 aliphatic carbocycles. The highest BCUT2D eigenvalue weighted by Crippen LogP contribution is 2.27. The van der Waals surface area contributed by atoms with Gasteiger partial charge in [-0.3, -0.25) is 4.79 Å². The minimum atomic E-state index is -0.463. The lowest BCUT2D eigenvalue weighted by Crippen LogP contribution is -2.65. The van der Waals surface area contributed by atoms with Crippen molar-refractivity contribution in [1.29, 1.82) is 0 Å². The third-order valence-corrected chi connectivity index (χ3v) is 3.37. The Morgan fingerprint density at radius 3 is 2.76 bits per heavy atom. The Balaban J connectivity index is 2.03. The van der Waals surface area contributed by atoms with Crippen LogP contribution in [0.3, 0.4) is 0 Å². The fourth-order valence-electron chi connectivity index (χ4n) is 2.49. The molecule has 0 saturated carbocycles. The quantitative estimate of drug-likeness (QED) is 0.628. The SMILES string of the molecule is CC(C)(C)OC(=O)C1NCC2COCC1C2N. The second-order valence-corrected chi connectivity index (χ2v) is 5.96. The van der Waals surface area contributed by atoms with E-state index in [1.807, 2.05) is 20.8 Å². The zero-order valence-corrected chi connectivity index (χ0v) is 10.7. The van der Waals surface area contributed by atoms with Gasteiger partial charge in [0.2, 0.25) is 0 Å². The number of nitrogens with one attached hydrogen (secondary N) is 1. The number of ether oxygens (including phenoxy) is 2. The van der Waals surface area contributed by atoms with Crippen molar-refractivity contribution in [3.63, 3.8) is 0 Å². The maximum Gasteiger partial charge on any atom is 0.324 e. The minimum absolute atomic E-state index is 0.0253. The van der Waals surface area contributed by atoms with Gasteiger partial charge in [-0.25, -0.2) is 0 Å². The molecular weight excluding hydrogens is 220 g/mol. The van der Waals surface area contributed by atoms with Gasteiger partial charge in [0.25, 0.3) is 0 Å². The molecule has 0 aromatic heterocycles. The largest absolute Gasteiger partial charge is 0.459 e. The van der Waals surface area contributed by atoms with E-state index in [-0.39, 0.29) is 24.0 Å². The van der Waals surface area contributed by atoms with Crippen molar-refractivity contribution in [2.45, 2.75) is 38.5 Å². The Morgan fingerprint density at radius 2 is 2.12 bits per heavy atom. The molecule has 2 aliphatic rings. The van der Waals surface area contributed by atoms with E-state index in [1.165, 1.54) is 0 Å². The van der Waals surface area contributed by atoms with Crippen molar-refractivity contribution in [3.05, 3.63) is 0 Å². The van der Waals surface area contributed by atoms with Crippen LogP contribution >= 0.6 is 0 Å². The monoisotopic (exact) mass is 242 g/mol. The van der Waals surface area contributed by atoms with E-state index in [0.717, 1.165) is 6.54 Å². The highest BCUT2D eigenvalue weighted by molar-refractivity contribution is 5.77. The summed E-state index contributed by atoms with van der Waals surface area (Å²) in [5, 5.41) is 3.24. The Hall–Kier alpha value is -0.650. The Morgan fingerprint density at radius 1 is 1.41 bits per heavy atom. The van der Waals surface area contributed by atoms with Crippen LogP contribution in [0.1, 0.15) is 20.8 Å². The second-order valence-electron chi connectivity index (χ2n) is 5.96. The van der Waals surface area contributed by atoms with E-state index < -0.39 is 5.60 Å². The number of carbonyl (C=O) groups is 1. The van der Waals surface area contributed by atoms with E-state index in [2.05, 4.69) is 5.32 Å². The molecule has 0 aromatic rings. The number of esters is 1. The molecule has 5 heteroatoms. The molecule has 2 bridgehead atoms. The lowest BCUT2D eigenvalue weighted by atomic mass is 9.79. The molecule has 0 amide bonds. The van der Waals surface area contributed by atoms with Crippen LogP contribution in [0.5, 0.6) is 0 Å². The van der Waals surface area contributed by atoms with Crippen LogP contribution in [-0.2, 0) is 14.3 Å². The predicted octanol–water partition coefficient (Wildman–Crippen LogP) is -0.110. The lowest BCUT2D eigenvalue weighted by Gasteiger charge is -2.44. The first-order chi connectivity index (χ1) is 7.88. The van der Waals surface area contributed by atoms with Gasteiger partial charge in [-0.1, -0.05) is 0 Å². The molecule has 0 aromatic carbocycles. The molecule has 5 nitrogen and oxygen atoms in total. The van der Waals surface area contributed by atoms with E-state index >= 15 is 0 Å². The number of hydrogen-bond donors (Lipinski definition) is 2. The van der Waals surface area contributed by atoms with E-state index in [4.69, 9.17) is 15.2 Å². The molecule has 0 radical (unpaired) electrons. The van der Waals surface area contributed by atoms with Crippen LogP contribution in [0.4, 0.5) is 0 Å². The number of carbonyl (C=O) groups excluding carboxylic acids is 1. The lowest BCUT2D eigenvalue weighted by molar-refractivity contribution is -0.164. The van der Waals surface area contributed by atoms with Crippen LogP contribution in [0.25, 0.3) is 0 Å². The number of rotatable bonds is 1. The number of hydrogen-bond acceptors (Lipinski definition) is 5. The van der Waals surface area contributed by atoms with Crippen LogP contribution in [0, 0.1) is 11.8 Å². The topological polar surface area (TPSA) is 73.6 Å². The zero-order chi connectivity index (χ0) is 12.6. The average Bonchev–Trinajstić information content (AvgIpc) is 2.13. The van der Waals surface area contributed by atoms with Crippen molar-refractivity contribution in [3.8, 4) is 0 Å².